The van der Waals surface area contributed by atoms with Gasteiger partial charge in [0.2, 0.25) is 5.71 Å². The van der Waals surface area contributed by atoms with Gasteiger partial charge < -0.3 is 9.57 Å². The zero-order valence-corrected chi connectivity index (χ0v) is 16.3. The first-order valence-electron chi connectivity index (χ1n) is 6.97. The minimum Gasteiger partial charge on any atom is -0.456 e. The van der Waals surface area contributed by atoms with Gasteiger partial charge in [0.1, 0.15) is 19.4 Å². The molecule has 11 heteroatoms. The topological polar surface area (TPSA) is 89.9 Å². The van der Waals surface area contributed by atoms with Gasteiger partial charge in [0.05, 0.1) is 0 Å². The summed E-state index contributed by atoms with van der Waals surface area (Å²) >= 11 is 17.5. The van der Waals surface area contributed by atoms with E-state index in [1.165, 1.54) is 12.5 Å². The summed E-state index contributed by atoms with van der Waals surface area (Å²) in [6.07, 6.45) is 0. The van der Waals surface area contributed by atoms with Crippen molar-refractivity contribution in [3.8, 4) is 0 Å². The smallest absolute Gasteiger partial charge is 0.363 e. The van der Waals surface area contributed by atoms with Gasteiger partial charge in [-0.15, -0.1) is 11.3 Å². The molecule has 0 atom stereocenters. The van der Waals surface area contributed by atoms with Gasteiger partial charge in [-0.05, 0) is 5.56 Å². The number of carbonyl (C=O) groups excluding carboxylic acids is 2. The van der Waals surface area contributed by atoms with E-state index >= 15 is 0 Å². The number of nitrogens with zero attached hydrogens (tertiary/aromatic N) is 2. The fraction of sp³-hybridized carbons (Fsp3) is 0.200. The summed E-state index contributed by atoms with van der Waals surface area (Å²) in [5.74, 6) is -1.61. The van der Waals surface area contributed by atoms with Crippen molar-refractivity contribution in [3.63, 3.8) is 0 Å². The molecule has 1 aromatic carbocycles. The number of hydrogen-bond donors (Lipinski definition) is 1. The fourth-order valence-corrected chi connectivity index (χ4v) is 2.51. The van der Waals surface area contributed by atoms with E-state index in [0.29, 0.717) is 0 Å². The van der Waals surface area contributed by atoms with Crippen LogP contribution in [0.3, 0.4) is 0 Å². The molecule has 1 amide bonds. The Kier molecular flexibility index (Phi) is 7.22. The molecule has 0 spiro atoms. The van der Waals surface area contributed by atoms with Crippen molar-refractivity contribution in [2.45, 2.75) is 10.4 Å². The summed E-state index contributed by atoms with van der Waals surface area (Å²) in [5, 5.41) is 7.57. The number of ether oxygens (including phenoxy) is 1. The average molecular weight is 437 g/mol. The van der Waals surface area contributed by atoms with Crippen molar-refractivity contribution < 1.29 is 19.2 Å². The number of carbonyl (C=O) groups is 2. The molecule has 0 bridgehead atoms. The summed E-state index contributed by atoms with van der Waals surface area (Å²) in [4.78, 5) is 32.7. The van der Waals surface area contributed by atoms with Crippen LogP contribution in [-0.2, 0) is 25.8 Å². The first-order chi connectivity index (χ1) is 12.3. The molecule has 0 fully saturated rings. The largest absolute Gasteiger partial charge is 0.456 e. The van der Waals surface area contributed by atoms with Crippen molar-refractivity contribution in [3.05, 3.63) is 47.0 Å². The predicted molar refractivity (Wildman–Crippen MR) is 101 cm³/mol. The number of rotatable bonds is 6. The lowest BCUT2D eigenvalue weighted by atomic mass is 10.2. The van der Waals surface area contributed by atoms with E-state index in [0.717, 1.165) is 16.9 Å². The van der Waals surface area contributed by atoms with Gasteiger partial charge in [0.15, 0.2) is 5.13 Å². The molecule has 138 valence electrons. The van der Waals surface area contributed by atoms with Gasteiger partial charge in [0, 0.05) is 5.38 Å². The molecule has 0 saturated carbocycles. The maximum absolute atomic E-state index is 12.3. The number of oxime groups is 1. The SMILES string of the molecule is CON=C(C(=O)OCc1ccccc1)c1csc(NC(=O)C(Cl)(Cl)Cl)n1. The van der Waals surface area contributed by atoms with Crippen LogP contribution < -0.4 is 5.32 Å². The highest BCUT2D eigenvalue weighted by atomic mass is 35.6. The summed E-state index contributed by atoms with van der Waals surface area (Å²) in [6.45, 7) is 0.0589. The van der Waals surface area contributed by atoms with Crippen molar-refractivity contribution in [2.24, 2.45) is 5.16 Å². The first-order valence-corrected chi connectivity index (χ1v) is 8.99. The number of nitrogens with one attached hydrogen (secondary N) is 1. The second-order valence-corrected chi connectivity index (χ2v) is 7.81. The number of amides is 1. The third-order valence-corrected chi connectivity index (χ3v) is 4.09. The van der Waals surface area contributed by atoms with Crippen LogP contribution in [0, 0.1) is 0 Å². The highest BCUT2D eigenvalue weighted by Gasteiger charge is 2.31. The summed E-state index contributed by atoms with van der Waals surface area (Å²) in [7, 11) is 1.28. The molecule has 0 saturated heterocycles. The molecule has 2 rings (SSSR count). The maximum Gasteiger partial charge on any atom is 0.363 e. The lowest BCUT2D eigenvalue weighted by Gasteiger charge is -2.08. The minimum atomic E-state index is -2.14. The molecular formula is C15H12Cl3N3O4S. The number of hydrogen-bond acceptors (Lipinski definition) is 7. The average Bonchev–Trinajstić information content (AvgIpc) is 3.05. The minimum absolute atomic E-state index is 0.0589. The van der Waals surface area contributed by atoms with Gasteiger partial charge in [-0.3, -0.25) is 10.1 Å². The Morgan fingerprint density at radius 3 is 2.58 bits per heavy atom. The molecule has 0 aliphatic rings. The standard InChI is InChI=1S/C15H12Cl3N3O4S/c1-24-21-11(12(22)25-7-9-5-3-2-4-6-9)10-8-26-14(19-10)20-13(23)15(16,17)18/h2-6,8H,7H2,1H3,(H,19,20,23). The van der Waals surface area contributed by atoms with Crippen molar-refractivity contribution in [2.75, 3.05) is 12.4 Å². The van der Waals surface area contributed by atoms with Crippen LogP contribution >= 0.6 is 46.1 Å². The zero-order chi connectivity index (χ0) is 19.2. The third kappa shape index (κ3) is 5.84. The molecule has 1 aromatic heterocycles. The number of anilines is 1. The van der Waals surface area contributed by atoms with Crippen LogP contribution in [-0.4, -0.2) is 33.5 Å². The number of esters is 1. The van der Waals surface area contributed by atoms with Gasteiger partial charge >= 0.3 is 5.97 Å². The Balaban J connectivity index is 2.08. The molecule has 0 unspecified atom stereocenters. The molecule has 1 heterocycles. The van der Waals surface area contributed by atoms with Crippen LogP contribution in [0.25, 0.3) is 0 Å². The molecule has 0 aliphatic carbocycles. The molecule has 2 aromatic rings. The number of thiazole rings is 1. The van der Waals surface area contributed by atoms with E-state index in [1.807, 2.05) is 30.3 Å². The van der Waals surface area contributed by atoms with E-state index in [-0.39, 0.29) is 23.1 Å². The van der Waals surface area contributed by atoms with Gasteiger partial charge in [-0.25, -0.2) is 9.78 Å². The van der Waals surface area contributed by atoms with Crippen LogP contribution in [0.2, 0.25) is 0 Å². The van der Waals surface area contributed by atoms with Crippen LogP contribution in [0.15, 0.2) is 40.9 Å². The van der Waals surface area contributed by atoms with E-state index in [1.54, 1.807) is 0 Å². The second-order valence-electron chi connectivity index (χ2n) is 4.67. The van der Waals surface area contributed by atoms with Crippen LogP contribution in [0.5, 0.6) is 0 Å². The van der Waals surface area contributed by atoms with Gasteiger partial charge in [-0.2, -0.15) is 0 Å². The summed E-state index contributed by atoms with van der Waals surface area (Å²) < 4.78 is 3.07. The predicted octanol–water partition coefficient (Wildman–Crippen LogP) is 3.55. The van der Waals surface area contributed by atoms with Gasteiger partial charge in [0.25, 0.3) is 9.70 Å². The van der Waals surface area contributed by atoms with Crippen LogP contribution in [0.4, 0.5) is 5.13 Å². The molecule has 0 radical (unpaired) electrons. The normalized spacial score (nSPS) is 11.8. The lowest BCUT2D eigenvalue weighted by molar-refractivity contribution is -0.136. The van der Waals surface area contributed by atoms with E-state index in [2.05, 4.69) is 20.3 Å². The summed E-state index contributed by atoms with van der Waals surface area (Å²) in [5.41, 5.74) is 0.801. The fourth-order valence-electron chi connectivity index (χ4n) is 1.68. The molecule has 1 N–H and O–H groups in total. The van der Waals surface area contributed by atoms with Gasteiger partial charge in [-0.1, -0.05) is 70.3 Å². The van der Waals surface area contributed by atoms with Crippen molar-refractivity contribution in [1.29, 1.82) is 0 Å². The Bertz CT molecular complexity index is 806. The molecule has 0 aliphatic heterocycles. The Morgan fingerprint density at radius 2 is 1.96 bits per heavy atom. The lowest BCUT2D eigenvalue weighted by Crippen LogP contribution is -2.27. The van der Waals surface area contributed by atoms with Crippen molar-refractivity contribution in [1.82, 2.24) is 4.98 Å². The highest BCUT2D eigenvalue weighted by molar-refractivity contribution is 7.14. The quantitative estimate of drug-likeness (QED) is 0.324. The third-order valence-electron chi connectivity index (χ3n) is 2.81. The van der Waals surface area contributed by atoms with Crippen LogP contribution in [0.1, 0.15) is 11.3 Å². The second kappa shape index (κ2) is 9.18. The van der Waals surface area contributed by atoms with Crippen molar-refractivity contribution >= 4 is 68.9 Å². The Labute approximate surface area is 167 Å². The zero-order valence-electron chi connectivity index (χ0n) is 13.2. The van der Waals surface area contributed by atoms with E-state index in [4.69, 9.17) is 39.5 Å². The van der Waals surface area contributed by atoms with E-state index in [9.17, 15) is 9.59 Å². The molecular weight excluding hydrogens is 425 g/mol. The number of halogens is 3. The first kappa shape index (κ1) is 20.4. The maximum atomic E-state index is 12.3. The molecule has 26 heavy (non-hydrogen) atoms. The number of benzene rings is 1. The summed E-state index contributed by atoms with van der Waals surface area (Å²) in [6, 6.07) is 9.13. The monoisotopic (exact) mass is 435 g/mol. The Hall–Kier alpha value is -1.87. The highest BCUT2D eigenvalue weighted by Crippen LogP contribution is 2.28. The Morgan fingerprint density at radius 1 is 1.27 bits per heavy atom. The number of alkyl halides is 3. The number of aromatic nitrogens is 1. The molecule has 7 nitrogen and oxygen atoms in total. The van der Waals surface area contributed by atoms with E-state index < -0.39 is 15.7 Å².